The minimum Gasteiger partial charge on any atom is -0.486 e. The standard InChI is InChI=1S/C12H15N3OS/c1-9(13-2)12-15-14-11(17-12)8-16-10-6-4-3-5-7-10/h3-7,9,13H,8H2,1-2H3. The number of rotatable bonds is 5. The summed E-state index contributed by atoms with van der Waals surface area (Å²) in [6.45, 7) is 2.53. The zero-order chi connectivity index (χ0) is 12.1. The van der Waals surface area contributed by atoms with Crippen LogP contribution < -0.4 is 10.1 Å². The van der Waals surface area contributed by atoms with Crippen molar-refractivity contribution >= 4 is 11.3 Å². The second kappa shape index (κ2) is 5.75. The molecule has 0 saturated carbocycles. The Balaban J connectivity index is 1.94. The summed E-state index contributed by atoms with van der Waals surface area (Å²) in [4.78, 5) is 0. The molecule has 0 aliphatic heterocycles. The highest BCUT2D eigenvalue weighted by atomic mass is 32.1. The van der Waals surface area contributed by atoms with Crippen molar-refractivity contribution in [1.82, 2.24) is 15.5 Å². The summed E-state index contributed by atoms with van der Waals surface area (Å²) in [6, 6.07) is 9.95. The number of nitrogens with zero attached hydrogens (tertiary/aromatic N) is 2. The highest BCUT2D eigenvalue weighted by Crippen LogP contribution is 2.19. The average molecular weight is 249 g/mol. The van der Waals surface area contributed by atoms with Crippen LogP contribution in [0.4, 0.5) is 0 Å². The first kappa shape index (κ1) is 12.0. The van der Waals surface area contributed by atoms with Gasteiger partial charge in [-0.1, -0.05) is 29.5 Å². The van der Waals surface area contributed by atoms with Crippen LogP contribution in [0, 0.1) is 0 Å². The van der Waals surface area contributed by atoms with Crippen molar-refractivity contribution in [2.75, 3.05) is 7.05 Å². The Bertz CT molecular complexity index is 458. The van der Waals surface area contributed by atoms with Gasteiger partial charge in [-0.05, 0) is 26.1 Å². The Labute approximate surface area is 105 Å². The molecule has 17 heavy (non-hydrogen) atoms. The van der Waals surface area contributed by atoms with E-state index in [-0.39, 0.29) is 6.04 Å². The third-order valence-corrected chi connectivity index (χ3v) is 3.47. The second-order valence-corrected chi connectivity index (χ2v) is 4.74. The molecule has 2 aromatic rings. The van der Waals surface area contributed by atoms with Crippen molar-refractivity contribution in [1.29, 1.82) is 0 Å². The van der Waals surface area contributed by atoms with E-state index in [1.807, 2.05) is 37.4 Å². The number of hydrogen-bond acceptors (Lipinski definition) is 5. The van der Waals surface area contributed by atoms with Gasteiger partial charge in [0.2, 0.25) is 0 Å². The molecule has 0 bridgehead atoms. The monoisotopic (exact) mass is 249 g/mol. The van der Waals surface area contributed by atoms with E-state index in [1.165, 1.54) is 0 Å². The minimum atomic E-state index is 0.234. The van der Waals surface area contributed by atoms with Crippen LogP contribution >= 0.6 is 11.3 Å². The van der Waals surface area contributed by atoms with E-state index in [4.69, 9.17) is 4.74 Å². The lowest BCUT2D eigenvalue weighted by Gasteiger charge is -2.03. The molecule has 0 aliphatic carbocycles. The number of aromatic nitrogens is 2. The first-order valence-corrected chi connectivity index (χ1v) is 6.28. The fourth-order valence-electron chi connectivity index (χ4n) is 1.29. The van der Waals surface area contributed by atoms with Gasteiger partial charge in [0.1, 0.15) is 17.4 Å². The summed E-state index contributed by atoms with van der Waals surface area (Å²) in [5, 5.41) is 13.2. The lowest BCUT2D eigenvalue weighted by molar-refractivity contribution is 0.304. The predicted molar refractivity (Wildman–Crippen MR) is 68.2 cm³/mol. The highest BCUT2D eigenvalue weighted by Gasteiger charge is 2.10. The number of para-hydroxylation sites is 1. The first-order chi connectivity index (χ1) is 8.29. The van der Waals surface area contributed by atoms with E-state index in [2.05, 4.69) is 22.4 Å². The molecule has 1 heterocycles. The van der Waals surface area contributed by atoms with Gasteiger partial charge in [-0.2, -0.15) is 0 Å². The molecule has 4 nitrogen and oxygen atoms in total. The smallest absolute Gasteiger partial charge is 0.155 e. The number of benzene rings is 1. The van der Waals surface area contributed by atoms with Gasteiger partial charge in [-0.25, -0.2) is 0 Å². The number of nitrogens with one attached hydrogen (secondary N) is 1. The largest absolute Gasteiger partial charge is 0.486 e. The number of hydrogen-bond donors (Lipinski definition) is 1. The molecule has 2 rings (SSSR count). The number of ether oxygens (including phenoxy) is 1. The van der Waals surface area contributed by atoms with E-state index in [0.717, 1.165) is 15.8 Å². The van der Waals surface area contributed by atoms with Crippen molar-refractivity contribution in [3.8, 4) is 5.75 Å². The summed E-state index contributed by atoms with van der Waals surface area (Å²) in [5.41, 5.74) is 0. The van der Waals surface area contributed by atoms with Crippen LogP contribution in [0.5, 0.6) is 5.75 Å². The molecule has 90 valence electrons. The molecule has 0 fully saturated rings. The Hall–Kier alpha value is -1.46. The molecule has 0 radical (unpaired) electrons. The van der Waals surface area contributed by atoms with Crippen LogP contribution in [0.15, 0.2) is 30.3 Å². The van der Waals surface area contributed by atoms with Crippen molar-refractivity contribution in [2.24, 2.45) is 0 Å². The minimum absolute atomic E-state index is 0.234. The maximum absolute atomic E-state index is 5.61. The van der Waals surface area contributed by atoms with Crippen LogP contribution in [-0.2, 0) is 6.61 Å². The van der Waals surface area contributed by atoms with E-state index in [1.54, 1.807) is 11.3 Å². The summed E-state index contributed by atoms with van der Waals surface area (Å²) >= 11 is 1.58. The summed E-state index contributed by atoms with van der Waals surface area (Å²) < 4.78 is 5.61. The SMILES string of the molecule is CNC(C)c1nnc(COc2ccccc2)s1. The normalized spacial score (nSPS) is 12.4. The lowest BCUT2D eigenvalue weighted by atomic mass is 10.3. The third kappa shape index (κ3) is 3.25. The van der Waals surface area contributed by atoms with Gasteiger partial charge in [0.05, 0.1) is 6.04 Å². The van der Waals surface area contributed by atoms with Crippen molar-refractivity contribution in [2.45, 2.75) is 19.6 Å². The van der Waals surface area contributed by atoms with Crippen molar-refractivity contribution in [3.63, 3.8) is 0 Å². The van der Waals surface area contributed by atoms with Crippen LogP contribution in [0.1, 0.15) is 23.0 Å². The lowest BCUT2D eigenvalue weighted by Crippen LogP contribution is -2.11. The van der Waals surface area contributed by atoms with Gasteiger partial charge >= 0.3 is 0 Å². The maximum atomic E-state index is 5.61. The van der Waals surface area contributed by atoms with Gasteiger partial charge in [-0.15, -0.1) is 10.2 Å². The van der Waals surface area contributed by atoms with Crippen LogP contribution in [0.2, 0.25) is 0 Å². The fourth-order valence-corrected chi connectivity index (χ4v) is 2.10. The van der Waals surface area contributed by atoms with E-state index >= 15 is 0 Å². The average Bonchev–Trinajstić information content (AvgIpc) is 2.85. The summed E-state index contributed by atoms with van der Waals surface area (Å²) in [7, 11) is 1.91. The molecular formula is C12H15N3OS. The zero-order valence-corrected chi connectivity index (χ0v) is 10.7. The first-order valence-electron chi connectivity index (χ1n) is 5.47. The van der Waals surface area contributed by atoms with Gasteiger partial charge < -0.3 is 10.1 Å². The topological polar surface area (TPSA) is 47.0 Å². The molecule has 1 atom stereocenters. The predicted octanol–water partition coefficient (Wildman–Crippen LogP) is 2.40. The molecule has 1 aromatic carbocycles. The van der Waals surface area contributed by atoms with E-state index in [0.29, 0.717) is 6.61 Å². The van der Waals surface area contributed by atoms with Crippen LogP contribution in [-0.4, -0.2) is 17.2 Å². The van der Waals surface area contributed by atoms with Gasteiger partial charge in [0, 0.05) is 0 Å². The van der Waals surface area contributed by atoms with Gasteiger partial charge in [-0.3, -0.25) is 0 Å². The second-order valence-electron chi connectivity index (χ2n) is 3.65. The van der Waals surface area contributed by atoms with Crippen molar-refractivity contribution < 1.29 is 4.74 Å². The molecule has 0 aliphatic rings. The molecule has 1 N–H and O–H groups in total. The molecule has 1 unspecified atom stereocenters. The molecule has 1 aromatic heterocycles. The Morgan fingerprint density at radius 2 is 2.06 bits per heavy atom. The third-order valence-electron chi connectivity index (χ3n) is 2.39. The molecular weight excluding hydrogens is 234 g/mol. The Morgan fingerprint density at radius 3 is 2.76 bits per heavy atom. The van der Waals surface area contributed by atoms with Gasteiger partial charge in [0.25, 0.3) is 0 Å². The van der Waals surface area contributed by atoms with E-state index in [9.17, 15) is 0 Å². The Morgan fingerprint density at radius 1 is 1.29 bits per heavy atom. The summed E-state index contributed by atoms with van der Waals surface area (Å²) in [5.74, 6) is 0.853. The maximum Gasteiger partial charge on any atom is 0.155 e. The molecule has 5 heteroatoms. The fraction of sp³-hybridized carbons (Fsp3) is 0.333. The molecule has 0 amide bonds. The van der Waals surface area contributed by atoms with Gasteiger partial charge in [0.15, 0.2) is 5.01 Å². The van der Waals surface area contributed by atoms with Crippen LogP contribution in [0.25, 0.3) is 0 Å². The molecule has 0 saturated heterocycles. The van der Waals surface area contributed by atoms with Crippen LogP contribution in [0.3, 0.4) is 0 Å². The summed E-state index contributed by atoms with van der Waals surface area (Å²) in [6.07, 6.45) is 0. The quantitative estimate of drug-likeness (QED) is 0.884. The highest BCUT2D eigenvalue weighted by molar-refractivity contribution is 7.11. The zero-order valence-electron chi connectivity index (χ0n) is 9.88. The van der Waals surface area contributed by atoms with E-state index < -0.39 is 0 Å². The van der Waals surface area contributed by atoms with Crippen molar-refractivity contribution in [3.05, 3.63) is 40.3 Å². The Kier molecular flexibility index (Phi) is 4.06. The molecule has 0 spiro atoms.